The Morgan fingerprint density at radius 2 is 2.14 bits per heavy atom. The van der Waals surface area contributed by atoms with Crippen LogP contribution >= 0.6 is 11.8 Å². The number of thioether (sulfide) groups is 1. The van der Waals surface area contributed by atoms with Gasteiger partial charge in [-0.2, -0.15) is 9.40 Å². The zero-order chi connectivity index (χ0) is 19.9. The number of hydrogen-bond donors (Lipinski definition) is 0. The largest absolute Gasteiger partial charge is 0.329 e. The molecule has 1 saturated heterocycles. The monoisotopic (exact) mass is 423 g/mol. The van der Waals surface area contributed by atoms with Gasteiger partial charge in [-0.3, -0.25) is 4.68 Å². The van der Waals surface area contributed by atoms with Crippen LogP contribution in [-0.2, 0) is 24.1 Å². The maximum Gasteiger partial charge on any atom is 0.243 e. The van der Waals surface area contributed by atoms with Crippen molar-refractivity contribution >= 4 is 32.7 Å². The Hall–Kier alpha value is -1.91. The number of benzene rings is 1. The maximum atomic E-state index is 14.8. The fourth-order valence-electron chi connectivity index (χ4n) is 3.46. The van der Waals surface area contributed by atoms with Gasteiger partial charge in [0.1, 0.15) is 6.17 Å². The minimum Gasteiger partial charge on any atom is -0.329 e. The molecule has 3 heterocycles. The molecule has 1 fully saturated rings. The highest BCUT2D eigenvalue weighted by atomic mass is 32.2. The summed E-state index contributed by atoms with van der Waals surface area (Å²) in [4.78, 5) is 4.42. The summed E-state index contributed by atoms with van der Waals surface area (Å²) in [6.07, 6.45) is 4.49. The van der Waals surface area contributed by atoms with Gasteiger partial charge in [0.05, 0.1) is 16.6 Å². The fourth-order valence-corrected chi connectivity index (χ4v) is 6.09. The first-order valence-electron chi connectivity index (χ1n) is 9.02. The summed E-state index contributed by atoms with van der Waals surface area (Å²) >= 11 is 1.51. The molecule has 0 spiro atoms. The second-order valence-corrected chi connectivity index (χ2v) is 9.97. The van der Waals surface area contributed by atoms with Gasteiger partial charge in [-0.05, 0) is 24.6 Å². The normalized spacial score (nSPS) is 21.4. The first kappa shape index (κ1) is 19.4. The Bertz CT molecular complexity index is 1090. The zero-order valence-corrected chi connectivity index (χ0v) is 17.3. The van der Waals surface area contributed by atoms with Crippen molar-refractivity contribution in [2.24, 2.45) is 20.0 Å². The van der Waals surface area contributed by atoms with E-state index in [1.807, 2.05) is 17.8 Å². The van der Waals surface area contributed by atoms with Crippen molar-refractivity contribution in [2.75, 3.05) is 18.8 Å². The summed E-state index contributed by atoms with van der Waals surface area (Å²) in [7, 11) is -0.0296. The molecule has 2 unspecified atom stereocenters. The summed E-state index contributed by atoms with van der Waals surface area (Å²) in [5.41, 5.74) is 0.854. The third kappa shape index (κ3) is 3.56. The SMILES string of the molecule is Cn1ccnc1SCC1CCN(S(=O)(=O)c2ccc3c(cnn3C)c2)CC1F. The first-order chi connectivity index (χ1) is 13.4. The second-order valence-electron chi connectivity index (χ2n) is 7.05. The van der Waals surface area contributed by atoms with E-state index < -0.39 is 16.2 Å². The lowest BCUT2D eigenvalue weighted by Crippen LogP contribution is -2.45. The van der Waals surface area contributed by atoms with Gasteiger partial charge in [-0.15, -0.1) is 0 Å². The lowest BCUT2D eigenvalue weighted by atomic mass is 9.98. The van der Waals surface area contributed by atoms with Crippen LogP contribution < -0.4 is 0 Å². The van der Waals surface area contributed by atoms with E-state index in [1.165, 1.54) is 16.1 Å². The number of rotatable bonds is 5. The fraction of sp³-hybridized carbons (Fsp3) is 0.444. The molecule has 1 aliphatic heterocycles. The van der Waals surface area contributed by atoms with Gasteiger partial charge in [0.25, 0.3) is 0 Å². The summed E-state index contributed by atoms with van der Waals surface area (Å²) in [6.45, 7) is 0.207. The van der Waals surface area contributed by atoms with E-state index >= 15 is 0 Å². The third-order valence-corrected chi connectivity index (χ3v) is 8.31. The lowest BCUT2D eigenvalue weighted by molar-refractivity contribution is 0.146. The number of imidazole rings is 1. The van der Waals surface area contributed by atoms with E-state index in [0.717, 1.165) is 16.1 Å². The van der Waals surface area contributed by atoms with Crippen molar-refractivity contribution in [3.63, 3.8) is 0 Å². The van der Waals surface area contributed by atoms with E-state index in [2.05, 4.69) is 10.1 Å². The molecule has 1 aliphatic rings. The number of alkyl halides is 1. The Balaban J connectivity index is 1.45. The molecule has 3 aromatic rings. The van der Waals surface area contributed by atoms with Crippen LogP contribution in [0.4, 0.5) is 4.39 Å². The molecular formula is C18H22FN5O2S2. The van der Waals surface area contributed by atoms with Crippen LogP contribution in [0.2, 0.25) is 0 Å². The lowest BCUT2D eigenvalue weighted by Gasteiger charge is -2.33. The van der Waals surface area contributed by atoms with Crippen LogP contribution in [0.1, 0.15) is 6.42 Å². The van der Waals surface area contributed by atoms with Gasteiger partial charge in [-0.1, -0.05) is 11.8 Å². The smallest absolute Gasteiger partial charge is 0.243 e. The number of piperidine rings is 1. The molecular weight excluding hydrogens is 401 g/mol. The van der Waals surface area contributed by atoms with Crippen molar-refractivity contribution in [3.8, 4) is 0 Å². The van der Waals surface area contributed by atoms with E-state index in [9.17, 15) is 12.8 Å². The van der Waals surface area contributed by atoms with E-state index in [4.69, 9.17) is 0 Å². The highest BCUT2D eigenvalue weighted by Gasteiger charge is 2.36. The topological polar surface area (TPSA) is 73.0 Å². The van der Waals surface area contributed by atoms with Crippen LogP contribution in [0.5, 0.6) is 0 Å². The molecule has 0 saturated carbocycles. The van der Waals surface area contributed by atoms with Crippen LogP contribution in [-0.4, -0.2) is 57.1 Å². The average Bonchev–Trinajstić information content (AvgIpc) is 3.26. The predicted octanol–water partition coefficient (Wildman–Crippen LogP) is 2.45. The third-order valence-electron chi connectivity index (χ3n) is 5.20. The number of fused-ring (bicyclic) bond motifs is 1. The quantitative estimate of drug-likeness (QED) is 0.590. The molecule has 1 aromatic carbocycles. The van der Waals surface area contributed by atoms with Crippen LogP contribution in [0, 0.1) is 5.92 Å². The number of aromatic nitrogens is 4. The van der Waals surface area contributed by atoms with Crippen LogP contribution in [0.25, 0.3) is 10.9 Å². The molecule has 4 rings (SSSR count). The van der Waals surface area contributed by atoms with Gasteiger partial charge < -0.3 is 4.57 Å². The number of hydrogen-bond acceptors (Lipinski definition) is 5. The predicted molar refractivity (Wildman–Crippen MR) is 106 cm³/mol. The van der Waals surface area contributed by atoms with Gasteiger partial charge >= 0.3 is 0 Å². The van der Waals surface area contributed by atoms with Gasteiger partial charge in [0.2, 0.25) is 10.0 Å². The van der Waals surface area contributed by atoms with Crippen molar-refractivity contribution in [1.82, 2.24) is 23.6 Å². The average molecular weight is 424 g/mol. The van der Waals surface area contributed by atoms with E-state index in [-0.39, 0.29) is 17.4 Å². The van der Waals surface area contributed by atoms with E-state index in [1.54, 1.807) is 42.3 Å². The number of aryl methyl sites for hydroxylation is 2. The molecule has 150 valence electrons. The Morgan fingerprint density at radius 1 is 1.32 bits per heavy atom. The molecule has 10 heteroatoms. The van der Waals surface area contributed by atoms with Gasteiger partial charge in [0.15, 0.2) is 5.16 Å². The molecule has 0 N–H and O–H groups in total. The molecule has 2 aromatic heterocycles. The summed E-state index contributed by atoms with van der Waals surface area (Å²) in [6, 6.07) is 4.90. The first-order valence-corrected chi connectivity index (χ1v) is 11.4. The Kier molecular flexibility index (Phi) is 5.19. The standard InChI is InChI=1S/C18H22FN5O2S2/c1-22-8-6-20-18(22)27-12-13-5-7-24(11-16(13)19)28(25,26)15-3-4-17-14(9-15)10-21-23(17)2/h3-4,6,8-10,13,16H,5,7,11-12H2,1-2H3. The highest BCUT2D eigenvalue weighted by Crippen LogP contribution is 2.30. The highest BCUT2D eigenvalue weighted by molar-refractivity contribution is 7.99. The number of sulfonamides is 1. The zero-order valence-electron chi connectivity index (χ0n) is 15.7. The summed E-state index contributed by atoms with van der Waals surface area (Å²) in [5.74, 6) is 0.399. The minimum atomic E-state index is -3.73. The summed E-state index contributed by atoms with van der Waals surface area (Å²) in [5, 5.41) is 5.73. The van der Waals surface area contributed by atoms with Crippen molar-refractivity contribution in [3.05, 3.63) is 36.8 Å². The van der Waals surface area contributed by atoms with Crippen molar-refractivity contribution < 1.29 is 12.8 Å². The second kappa shape index (κ2) is 7.49. The van der Waals surface area contributed by atoms with Crippen LogP contribution in [0.3, 0.4) is 0 Å². The molecule has 0 amide bonds. The van der Waals surface area contributed by atoms with E-state index in [0.29, 0.717) is 18.7 Å². The molecule has 0 bridgehead atoms. The van der Waals surface area contributed by atoms with Crippen molar-refractivity contribution in [1.29, 1.82) is 0 Å². The number of halogens is 1. The Morgan fingerprint density at radius 3 is 2.86 bits per heavy atom. The summed E-state index contributed by atoms with van der Waals surface area (Å²) < 4.78 is 45.6. The molecule has 0 radical (unpaired) electrons. The molecule has 7 nitrogen and oxygen atoms in total. The Labute approximate surface area is 167 Å². The molecule has 2 atom stereocenters. The van der Waals surface area contributed by atoms with Crippen molar-refractivity contribution in [2.45, 2.75) is 22.6 Å². The van der Waals surface area contributed by atoms with Crippen LogP contribution in [0.15, 0.2) is 46.8 Å². The maximum absolute atomic E-state index is 14.8. The van der Waals surface area contributed by atoms with Gasteiger partial charge in [-0.25, -0.2) is 17.8 Å². The minimum absolute atomic E-state index is 0.112. The molecule has 28 heavy (non-hydrogen) atoms. The number of nitrogens with zero attached hydrogens (tertiary/aromatic N) is 5. The molecule has 0 aliphatic carbocycles. The van der Waals surface area contributed by atoms with Gasteiger partial charge in [0, 0.05) is 56.6 Å².